The molecule has 0 bridgehead atoms. The van der Waals surface area contributed by atoms with Crippen molar-refractivity contribution in [1.82, 2.24) is 15.5 Å². The van der Waals surface area contributed by atoms with Crippen molar-refractivity contribution in [1.29, 1.82) is 0 Å². The molecule has 2 rings (SSSR count). The highest BCUT2D eigenvalue weighted by molar-refractivity contribution is 5.82. The van der Waals surface area contributed by atoms with Gasteiger partial charge >= 0.3 is 12.0 Å². The number of nitrogens with zero attached hydrogens (tertiary/aromatic N) is 1. The summed E-state index contributed by atoms with van der Waals surface area (Å²) in [7, 11) is 0. The van der Waals surface area contributed by atoms with Crippen LogP contribution in [0.5, 0.6) is 0 Å². The standard InChI is InChI=1S/C33H61N3O6/c1-7-9-11-13-14-17-21-34-31(40)36(22-18-12-10-8-2)27-20-16-15-19-25(27)26(30(38)39)23-35-29(37)28-32(3,4)24-41-33(5,6)42-28/h25-28H,7-24H2,1-6H3,(H,34,40)(H,35,37)(H,38,39). The monoisotopic (exact) mass is 595 g/mol. The number of rotatable bonds is 18. The predicted octanol–water partition coefficient (Wildman–Crippen LogP) is 6.49. The van der Waals surface area contributed by atoms with Crippen LogP contribution in [0.2, 0.25) is 0 Å². The second kappa shape index (κ2) is 18.1. The maximum Gasteiger partial charge on any atom is 0.317 e. The molecule has 0 aromatic heterocycles. The van der Waals surface area contributed by atoms with Gasteiger partial charge in [0.05, 0.1) is 12.5 Å². The number of carboxylic acid groups (broad SMARTS) is 1. The second-order valence-electron chi connectivity index (χ2n) is 13.6. The van der Waals surface area contributed by atoms with Crippen molar-refractivity contribution in [3.8, 4) is 0 Å². The first-order valence-electron chi connectivity index (χ1n) is 16.8. The van der Waals surface area contributed by atoms with E-state index in [9.17, 15) is 19.5 Å². The number of urea groups is 1. The Bertz CT molecular complexity index is 833. The molecule has 9 nitrogen and oxygen atoms in total. The summed E-state index contributed by atoms with van der Waals surface area (Å²) in [6.07, 6.45) is 13.8. The van der Waals surface area contributed by atoms with E-state index >= 15 is 0 Å². The molecule has 1 heterocycles. The molecule has 4 atom stereocenters. The van der Waals surface area contributed by atoms with Crippen molar-refractivity contribution >= 4 is 17.9 Å². The highest BCUT2D eigenvalue weighted by atomic mass is 16.7. The summed E-state index contributed by atoms with van der Waals surface area (Å²) >= 11 is 0. The van der Waals surface area contributed by atoms with Crippen LogP contribution in [0, 0.1) is 17.3 Å². The molecule has 0 spiro atoms. The van der Waals surface area contributed by atoms with Crippen LogP contribution in [0.4, 0.5) is 4.79 Å². The highest BCUT2D eigenvalue weighted by Gasteiger charge is 2.46. The van der Waals surface area contributed by atoms with Crippen LogP contribution < -0.4 is 10.6 Å². The largest absolute Gasteiger partial charge is 0.481 e. The smallest absolute Gasteiger partial charge is 0.317 e. The number of unbranched alkanes of at least 4 members (excludes halogenated alkanes) is 8. The molecule has 42 heavy (non-hydrogen) atoms. The molecule has 2 fully saturated rings. The SMILES string of the molecule is CCCCCCCCNC(=O)N(CCCCCC)C1CCCCC1C(CNC(=O)C1OC(C)(C)OCC1(C)C)C(=O)O. The zero-order valence-electron chi connectivity index (χ0n) is 27.5. The van der Waals surface area contributed by atoms with Crippen molar-refractivity contribution in [2.75, 3.05) is 26.2 Å². The molecule has 3 N–H and O–H groups in total. The summed E-state index contributed by atoms with van der Waals surface area (Å²) in [5.74, 6) is -3.16. The molecular weight excluding hydrogens is 534 g/mol. The summed E-state index contributed by atoms with van der Waals surface area (Å²) in [6, 6.07) is -0.248. The first kappa shape index (κ1) is 36.3. The summed E-state index contributed by atoms with van der Waals surface area (Å²) < 4.78 is 11.7. The number of carboxylic acids is 1. The van der Waals surface area contributed by atoms with Crippen LogP contribution in [-0.4, -0.2) is 72.1 Å². The summed E-state index contributed by atoms with van der Waals surface area (Å²) in [5.41, 5.74) is -0.547. The molecule has 244 valence electrons. The normalized spacial score (nSPS) is 24.0. The van der Waals surface area contributed by atoms with Crippen molar-refractivity contribution in [2.45, 2.75) is 149 Å². The van der Waals surface area contributed by atoms with Crippen LogP contribution >= 0.6 is 0 Å². The average Bonchev–Trinajstić information content (AvgIpc) is 2.94. The van der Waals surface area contributed by atoms with Gasteiger partial charge in [0, 0.05) is 31.1 Å². The van der Waals surface area contributed by atoms with Gasteiger partial charge in [0.1, 0.15) is 6.10 Å². The van der Waals surface area contributed by atoms with Crippen LogP contribution in [0.3, 0.4) is 0 Å². The first-order valence-corrected chi connectivity index (χ1v) is 16.8. The fourth-order valence-electron chi connectivity index (χ4n) is 6.37. The number of carbonyl (C=O) groups excluding carboxylic acids is 2. The van der Waals surface area contributed by atoms with E-state index in [1.54, 1.807) is 13.8 Å². The van der Waals surface area contributed by atoms with E-state index < -0.39 is 29.2 Å². The lowest BCUT2D eigenvalue weighted by Gasteiger charge is -2.45. The third kappa shape index (κ3) is 11.7. The minimum Gasteiger partial charge on any atom is -0.481 e. The van der Waals surface area contributed by atoms with Gasteiger partial charge in [0.2, 0.25) is 5.91 Å². The minimum atomic E-state index is -0.932. The Hall–Kier alpha value is -1.87. The van der Waals surface area contributed by atoms with Crippen molar-refractivity contribution in [2.24, 2.45) is 17.3 Å². The molecule has 2 aliphatic rings. The van der Waals surface area contributed by atoms with Gasteiger partial charge in [-0.15, -0.1) is 0 Å². The number of amides is 3. The van der Waals surface area contributed by atoms with E-state index in [4.69, 9.17) is 9.47 Å². The predicted molar refractivity (Wildman–Crippen MR) is 166 cm³/mol. The molecule has 9 heteroatoms. The van der Waals surface area contributed by atoms with E-state index in [-0.39, 0.29) is 30.4 Å². The fourth-order valence-corrected chi connectivity index (χ4v) is 6.37. The quantitative estimate of drug-likeness (QED) is 0.156. The van der Waals surface area contributed by atoms with Gasteiger partial charge in [0.15, 0.2) is 5.79 Å². The van der Waals surface area contributed by atoms with Crippen LogP contribution in [-0.2, 0) is 19.1 Å². The maximum absolute atomic E-state index is 13.6. The van der Waals surface area contributed by atoms with Crippen LogP contribution in [0.1, 0.15) is 131 Å². The zero-order valence-corrected chi connectivity index (χ0v) is 27.5. The van der Waals surface area contributed by atoms with E-state index in [1.165, 1.54) is 25.7 Å². The number of carbonyl (C=O) groups is 3. The average molecular weight is 596 g/mol. The highest BCUT2D eigenvalue weighted by Crippen LogP contribution is 2.36. The fraction of sp³-hybridized carbons (Fsp3) is 0.909. The van der Waals surface area contributed by atoms with Crippen molar-refractivity contribution < 1.29 is 29.0 Å². The number of hydrogen-bond acceptors (Lipinski definition) is 5. The van der Waals surface area contributed by atoms with Crippen molar-refractivity contribution in [3.63, 3.8) is 0 Å². The minimum absolute atomic E-state index is 0.00954. The number of aliphatic carboxylic acids is 1. The van der Waals surface area contributed by atoms with Crippen LogP contribution in [0.15, 0.2) is 0 Å². The summed E-state index contributed by atoms with van der Waals surface area (Å²) in [4.78, 5) is 41.4. The Morgan fingerprint density at radius 1 is 0.881 bits per heavy atom. The maximum atomic E-state index is 13.6. The Morgan fingerprint density at radius 3 is 2.17 bits per heavy atom. The first-order chi connectivity index (χ1) is 19.9. The van der Waals surface area contributed by atoms with Crippen LogP contribution in [0.25, 0.3) is 0 Å². The number of nitrogens with one attached hydrogen (secondary N) is 2. The van der Waals surface area contributed by atoms with Gasteiger partial charge in [-0.2, -0.15) is 0 Å². The zero-order chi connectivity index (χ0) is 31.2. The molecule has 1 aliphatic carbocycles. The second-order valence-corrected chi connectivity index (χ2v) is 13.6. The lowest BCUT2D eigenvalue weighted by molar-refractivity contribution is -0.304. The van der Waals surface area contributed by atoms with Crippen molar-refractivity contribution in [3.05, 3.63) is 0 Å². The van der Waals surface area contributed by atoms with Gasteiger partial charge in [-0.1, -0.05) is 91.9 Å². The summed E-state index contributed by atoms with van der Waals surface area (Å²) in [5, 5.41) is 16.4. The van der Waals surface area contributed by atoms with Gasteiger partial charge in [-0.05, 0) is 45.4 Å². The molecule has 1 saturated heterocycles. The number of hydrogen-bond donors (Lipinski definition) is 3. The molecule has 1 saturated carbocycles. The topological polar surface area (TPSA) is 117 Å². The van der Waals surface area contributed by atoms with Gasteiger partial charge in [0.25, 0.3) is 0 Å². The lowest BCUT2D eigenvalue weighted by Crippen LogP contribution is -2.58. The molecule has 1 aliphatic heterocycles. The Morgan fingerprint density at radius 2 is 1.50 bits per heavy atom. The van der Waals surface area contributed by atoms with Gasteiger partial charge in [-0.25, -0.2) is 4.79 Å². The van der Waals surface area contributed by atoms with E-state index in [0.717, 1.165) is 64.2 Å². The third-order valence-corrected chi connectivity index (χ3v) is 8.97. The lowest BCUT2D eigenvalue weighted by atomic mass is 9.75. The Kier molecular flexibility index (Phi) is 15.6. The van der Waals surface area contributed by atoms with Gasteiger partial charge in [-0.3, -0.25) is 9.59 Å². The molecular formula is C33H61N3O6. The summed E-state index contributed by atoms with van der Waals surface area (Å²) in [6.45, 7) is 13.4. The molecule has 3 amide bonds. The molecule has 0 radical (unpaired) electrons. The third-order valence-electron chi connectivity index (χ3n) is 8.97. The Labute approximate surface area is 255 Å². The Balaban J connectivity index is 2.11. The van der Waals surface area contributed by atoms with E-state index in [0.29, 0.717) is 19.7 Å². The number of ether oxygens (including phenoxy) is 2. The van der Waals surface area contributed by atoms with E-state index in [2.05, 4.69) is 24.5 Å². The molecule has 0 aromatic rings. The van der Waals surface area contributed by atoms with E-state index in [1.807, 2.05) is 18.7 Å². The molecule has 0 aromatic carbocycles. The molecule has 4 unspecified atom stereocenters. The van der Waals surface area contributed by atoms with Gasteiger partial charge < -0.3 is 30.1 Å².